The van der Waals surface area contributed by atoms with Crippen LogP contribution in [-0.2, 0) is 16.7 Å². The van der Waals surface area contributed by atoms with Gasteiger partial charge in [0.2, 0.25) is 0 Å². The first-order valence-electron chi connectivity index (χ1n) is 5.55. The second-order valence-electron chi connectivity index (χ2n) is 4.25. The van der Waals surface area contributed by atoms with Gasteiger partial charge < -0.3 is 4.57 Å². The number of halogens is 2. The molecule has 3 nitrogen and oxygen atoms in total. The molecular formula is C12H14Cl2N2OS. The van der Waals surface area contributed by atoms with Gasteiger partial charge in [0, 0.05) is 33.9 Å². The van der Waals surface area contributed by atoms with Crippen LogP contribution in [0.15, 0.2) is 18.2 Å². The van der Waals surface area contributed by atoms with Crippen molar-refractivity contribution in [2.24, 2.45) is 0 Å². The lowest BCUT2D eigenvalue weighted by Crippen LogP contribution is -2.15. The van der Waals surface area contributed by atoms with Gasteiger partial charge in [0.25, 0.3) is 0 Å². The maximum atomic E-state index is 11.4. The number of imidazole rings is 1. The van der Waals surface area contributed by atoms with E-state index in [1.165, 1.54) is 0 Å². The first-order valence-corrected chi connectivity index (χ1v) is 8.19. The van der Waals surface area contributed by atoms with E-state index in [-0.39, 0.29) is 6.04 Å². The van der Waals surface area contributed by atoms with Gasteiger partial charge in [-0.3, -0.25) is 4.21 Å². The summed E-state index contributed by atoms with van der Waals surface area (Å²) in [5.74, 6) is 1.68. The van der Waals surface area contributed by atoms with Gasteiger partial charge in [-0.25, -0.2) is 4.98 Å². The molecule has 0 amide bonds. The molecule has 6 heteroatoms. The molecule has 0 radical (unpaired) electrons. The van der Waals surface area contributed by atoms with Crippen molar-refractivity contribution in [1.29, 1.82) is 0 Å². The highest BCUT2D eigenvalue weighted by Gasteiger charge is 2.16. The number of aromatic nitrogens is 2. The Labute approximate surface area is 119 Å². The first kappa shape index (κ1) is 13.8. The highest BCUT2D eigenvalue weighted by molar-refractivity contribution is 7.84. The van der Waals surface area contributed by atoms with E-state index in [0.717, 1.165) is 16.9 Å². The minimum atomic E-state index is -0.863. The Balaban J connectivity index is 2.58. The Bertz CT molecular complexity index is 597. The molecule has 1 aromatic carbocycles. The van der Waals surface area contributed by atoms with E-state index in [9.17, 15) is 4.21 Å². The number of rotatable bonds is 4. The molecule has 0 N–H and O–H groups in total. The van der Waals surface area contributed by atoms with Gasteiger partial charge in [-0.15, -0.1) is 11.6 Å². The molecule has 0 fully saturated rings. The van der Waals surface area contributed by atoms with Crippen LogP contribution < -0.4 is 0 Å². The van der Waals surface area contributed by atoms with E-state index >= 15 is 0 Å². The molecule has 98 valence electrons. The maximum absolute atomic E-state index is 11.4. The minimum Gasteiger partial charge on any atom is -0.323 e. The lowest BCUT2D eigenvalue weighted by molar-refractivity contribution is 0.594. The van der Waals surface area contributed by atoms with Crippen molar-refractivity contribution in [2.45, 2.75) is 18.8 Å². The van der Waals surface area contributed by atoms with Crippen LogP contribution in [0.25, 0.3) is 11.0 Å². The highest BCUT2D eigenvalue weighted by Crippen LogP contribution is 2.25. The molecule has 18 heavy (non-hydrogen) atoms. The smallest absolute Gasteiger partial charge is 0.125 e. The van der Waals surface area contributed by atoms with Gasteiger partial charge in [-0.2, -0.15) is 0 Å². The topological polar surface area (TPSA) is 34.9 Å². The van der Waals surface area contributed by atoms with Gasteiger partial charge in [0.15, 0.2) is 0 Å². The third-order valence-corrected chi connectivity index (χ3v) is 4.19. The number of alkyl halides is 1. The summed E-state index contributed by atoms with van der Waals surface area (Å²) in [4.78, 5) is 4.47. The van der Waals surface area contributed by atoms with Crippen LogP contribution >= 0.6 is 23.2 Å². The molecule has 2 rings (SSSR count). The zero-order chi connectivity index (χ0) is 13.3. The van der Waals surface area contributed by atoms with Crippen LogP contribution in [0, 0.1) is 0 Å². The van der Waals surface area contributed by atoms with Crippen LogP contribution in [0.1, 0.15) is 18.8 Å². The average molecular weight is 305 g/mol. The molecule has 1 aromatic heterocycles. The summed E-state index contributed by atoms with van der Waals surface area (Å²) >= 11 is 12.0. The summed E-state index contributed by atoms with van der Waals surface area (Å²) in [5, 5.41) is 0.662. The summed E-state index contributed by atoms with van der Waals surface area (Å²) in [5.41, 5.74) is 1.81. The van der Waals surface area contributed by atoms with Crippen molar-refractivity contribution in [3.63, 3.8) is 0 Å². The second-order valence-corrected chi connectivity index (χ2v) is 6.44. The Hall–Kier alpha value is -0.580. The maximum Gasteiger partial charge on any atom is 0.125 e. The van der Waals surface area contributed by atoms with Crippen LogP contribution in [0.2, 0.25) is 5.02 Å². The van der Waals surface area contributed by atoms with Gasteiger partial charge >= 0.3 is 0 Å². The third kappa shape index (κ3) is 2.71. The lowest BCUT2D eigenvalue weighted by atomic mass is 10.3. The summed E-state index contributed by atoms with van der Waals surface area (Å²) in [7, 11) is -0.863. The van der Waals surface area contributed by atoms with Gasteiger partial charge in [-0.1, -0.05) is 11.6 Å². The first-order chi connectivity index (χ1) is 8.52. The molecule has 0 spiro atoms. The Morgan fingerprint density at radius 3 is 2.83 bits per heavy atom. The number of hydrogen-bond acceptors (Lipinski definition) is 2. The lowest BCUT2D eigenvalue weighted by Gasteiger charge is -2.15. The van der Waals surface area contributed by atoms with Crippen molar-refractivity contribution in [2.75, 3.05) is 12.0 Å². The Kier molecular flexibility index (Phi) is 4.30. The Morgan fingerprint density at radius 1 is 1.50 bits per heavy atom. The van der Waals surface area contributed by atoms with Crippen molar-refractivity contribution in [1.82, 2.24) is 9.55 Å². The summed E-state index contributed by atoms with van der Waals surface area (Å²) < 4.78 is 13.4. The molecule has 2 aromatic rings. The largest absolute Gasteiger partial charge is 0.323 e. The van der Waals surface area contributed by atoms with E-state index in [2.05, 4.69) is 4.98 Å². The van der Waals surface area contributed by atoms with Crippen molar-refractivity contribution in [3.8, 4) is 0 Å². The zero-order valence-electron chi connectivity index (χ0n) is 10.2. The van der Waals surface area contributed by atoms with E-state index in [1.807, 2.05) is 29.7 Å². The van der Waals surface area contributed by atoms with E-state index in [4.69, 9.17) is 23.2 Å². The molecule has 0 bridgehead atoms. The van der Waals surface area contributed by atoms with Gasteiger partial charge in [0.1, 0.15) is 5.82 Å². The van der Waals surface area contributed by atoms with E-state index in [0.29, 0.717) is 16.7 Å². The molecule has 0 aliphatic carbocycles. The summed E-state index contributed by atoms with van der Waals surface area (Å²) in [6, 6.07) is 5.63. The standard InChI is InChI=1S/C12H14Cl2N2OS/c1-8(7-18(2)17)16-11-5-9(14)3-4-10(11)15-12(16)6-13/h3-5,8H,6-7H2,1-2H3. The number of benzene rings is 1. The number of hydrogen-bond donors (Lipinski definition) is 0. The molecule has 0 saturated carbocycles. The normalized spacial score (nSPS) is 14.9. The van der Waals surface area contributed by atoms with Crippen molar-refractivity contribution >= 4 is 45.0 Å². The monoisotopic (exact) mass is 304 g/mol. The highest BCUT2D eigenvalue weighted by atomic mass is 35.5. The van der Waals surface area contributed by atoms with Crippen molar-refractivity contribution in [3.05, 3.63) is 29.0 Å². The van der Waals surface area contributed by atoms with Crippen LogP contribution in [0.4, 0.5) is 0 Å². The molecule has 0 saturated heterocycles. The van der Waals surface area contributed by atoms with Crippen LogP contribution in [0.5, 0.6) is 0 Å². The molecule has 0 aliphatic rings. The summed E-state index contributed by atoms with van der Waals surface area (Å²) in [6.07, 6.45) is 1.70. The predicted octanol–water partition coefficient (Wildman–Crippen LogP) is 3.37. The fourth-order valence-electron chi connectivity index (χ4n) is 2.12. The molecule has 0 aliphatic heterocycles. The van der Waals surface area contributed by atoms with Gasteiger partial charge in [0.05, 0.1) is 16.9 Å². The number of fused-ring (bicyclic) bond motifs is 1. The number of nitrogens with zero attached hydrogens (tertiary/aromatic N) is 2. The average Bonchev–Trinajstić information content (AvgIpc) is 2.65. The van der Waals surface area contributed by atoms with Crippen LogP contribution in [0.3, 0.4) is 0 Å². The molecule has 2 unspecified atom stereocenters. The zero-order valence-corrected chi connectivity index (χ0v) is 12.5. The van der Waals surface area contributed by atoms with Crippen LogP contribution in [-0.4, -0.2) is 25.8 Å². The minimum absolute atomic E-state index is 0.0769. The van der Waals surface area contributed by atoms with E-state index < -0.39 is 10.8 Å². The fourth-order valence-corrected chi connectivity index (χ4v) is 3.30. The molecule has 1 heterocycles. The van der Waals surface area contributed by atoms with Crippen molar-refractivity contribution < 1.29 is 4.21 Å². The van der Waals surface area contributed by atoms with E-state index in [1.54, 1.807) is 6.26 Å². The van der Waals surface area contributed by atoms with Gasteiger partial charge in [-0.05, 0) is 25.1 Å². The molecular weight excluding hydrogens is 291 g/mol. The third-order valence-electron chi connectivity index (χ3n) is 2.76. The molecule has 2 atom stereocenters. The second kappa shape index (κ2) is 5.59. The Morgan fingerprint density at radius 2 is 2.22 bits per heavy atom. The SMILES string of the molecule is CC(CS(C)=O)n1c(CCl)nc2ccc(Cl)cc21. The fraction of sp³-hybridized carbons (Fsp3) is 0.417. The quantitative estimate of drug-likeness (QED) is 0.812. The summed E-state index contributed by atoms with van der Waals surface area (Å²) in [6.45, 7) is 2.01. The predicted molar refractivity (Wildman–Crippen MR) is 77.9 cm³/mol.